The summed E-state index contributed by atoms with van der Waals surface area (Å²) in [6, 6.07) is 0. The van der Waals surface area contributed by atoms with Crippen molar-refractivity contribution in [1.82, 2.24) is 0 Å². The standard InChI is InChI=1S/C10H16O4/c1-5-6(8(11)12)4-7(9(13)14)10(5,2)3/h5-7H,4H2,1-3H3,(H,11,12)(H,13,14)/t5?,6-,7+/m1/s1. The summed E-state index contributed by atoms with van der Waals surface area (Å²) >= 11 is 0. The monoisotopic (exact) mass is 200 g/mol. The van der Waals surface area contributed by atoms with Gasteiger partial charge in [0.15, 0.2) is 0 Å². The molecule has 0 aromatic carbocycles. The van der Waals surface area contributed by atoms with Gasteiger partial charge in [0, 0.05) is 0 Å². The molecule has 0 amide bonds. The molecule has 1 saturated carbocycles. The van der Waals surface area contributed by atoms with E-state index < -0.39 is 29.2 Å². The van der Waals surface area contributed by atoms with Crippen LogP contribution >= 0.6 is 0 Å². The van der Waals surface area contributed by atoms with Crippen LogP contribution in [-0.2, 0) is 9.59 Å². The van der Waals surface area contributed by atoms with Crippen LogP contribution in [0.5, 0.6) is 0 Å². The Labute approximate surface area is 82.9 Å². The Morgan fingerprint density at radius 2 is 1.71 bits per heavy atom. The average molecular weight is 200 g/mol. The molecule has 80 valence electrons. The largest absolute Gasteiger partial charge is 0.481 e. The normalized spacial score (nSPS) is 35.5. The number of carboxylic acid groups (broad SMARTS) is 2. The number of aliphatic carboxylic acids is 2. The number of carboxylic acids is 2. The van der Waals surface area contributed by atoms with Crippen molar-refractivity contribution in [2.45, 2.75) is 27.2 Å². The van der Waals surface area contributed by atoms with E-state index in [2.05, 4.69) is 0 Å². The zero-order valence-corrected chi connectivity index (χ0v) is 8.65. The number of rotatable bonds is 2. The first-order valence-corrected chi connectivity index (χ1v) is 4.74. The van der Waals surface area contributed by atoms with E-state index >= 15 is 0 Å². The van der Waals surface area contributed by atoms with Crippen LogP contribution in [0.25, 0.3) is 0 Å². The van der Waals surface area contributed by atoms with Crippen molar-refractivity contribution in [2.75, 3.05) is 0 Å². The molecule has 1 fully saturated rings. The van der Waals surface area contributed by atoms with Crippen LogP contribution in [-0.4, -0.2) is 22.2 Å². The van der Waals surface area contributed by atoms with Gasteiger partial charge in [0.25, 0.3) is 0 Å². The van der Waals surface area contributed by atoms with Crippen LogP contribution in [0.15, 0.2) is 0 Å². The summed E-state index contributed by atoms with van der Waals surface area (Å²) in [4.78, 5) is 21.8. The van der Waals surface area contributed by atoms with E-state index in [0.29, 0.717) is 0 Å². The van der Waals surface area contributed by atoms with E-state index in [0.717, 1.165) is 0 Å². The van der Waals surface area contributed by atoms with Crippen LogP contribution in [0.4, 0.5) is 0 Å². The molecule has 0 heterocycles. The maximum absolute atomic E-state index is 10.9. The predicted molar refractivity (Wildman–Crippen MR) is 49.8 cm³/mol. The van der Waals surface area contributed by atoms with Crippen molar-refractivity contribution in [3.63, 3.8) is 0 Å². The van der Waals surface area contributed by atoms with Gasteiger partial charge >= 0.3 is 11.9 Å². The quantitative estimate of drug-likeness (QED) is 0.707. The Morgan fingerprint density at radius 1 is 1.21 bits per heavy atom. The van der Waals surface area contributed by atoms with Gasteiger partial charge in [0.2, 0.25) is 0 Å². The van der Waals surface area contributed by atoms with Crippen molar-refractivity contribution in [1.29, 1.82) is 0 Å². The molecule has 0 aromatic rings. The van der Waals surface area contributed by atoms with E-state index in [1.807, 2.05) is 20.8 Å². The highest BCUT2D eigenvalue weighted by Crippen LogP contribution is 2.50. The first kappa shape index (κ1) is 11.0. The highest BCUT2D eigenvalue weighted by atomic mass is 16.4. The lowest BCUT2D eigenvalue weighted by Crippen LogP contribution is -2.30. The molecule has 1 rings (SSSR count). The maximum Gasteiger partial charge on any atom is 0.307 e. The molecule has 0 bridgehead atoms. The van der Waals surface area contributed by atoms with Gasteiger partial charge in [0.05, 0.1) is 11.8 Å². The lowest BCUT2D eigenvalue weighted by Gasteiger charge is -2.29. The molecule has 1 aliphatic rings. The Kier molecular flexibility index (Phi) is 2.56. The molecular weight excluding hydrogens is 184 g/mol. The molecule has 3 atom stereocenters. The van der Waals surface area contributed by atoms with Crippen molar-refractivity contribution < 1.29 is 19.8 Å². The molecular formula is C10H16O4. The minimum absolute atomic E-state index is 0.0962. The summed E-state index contributed by atoms with van der Waals surface area (Å²) in [7, 11) is 0. The lowest BCUT2D eigenvalue weighted by atomic mass is 9.75. The van der Waals surface area contributed by atoms with Crippen molar-refractivity contribution in [2.24, 2.45) is 23.2 Å². The summed E-state index contributed by atoms with van der Waals surface area (Å²) in [5.74, 6) is -2.93. The minimum Gasteiger partial charge on any atom is -0.481 e. The van der Waals surface area contributed by atoms with Crippen molar-refractivity contribution in [3.05, 3.63) is 0 Å². The number of carbonyl (C=O) groups is 2. The molecule has 1 unspecified atom stereocenters. The van der Waals surface area contributed by atoms with Crippen LogP contribution in [0.1, 0.15) is 27.2 Å². The van der Waals surface area contributed by atoms with E-state index in [4.69, 9.17) is 10.2 Å². The van der Waals surface area contributed by atoms with E-state index in [1.165, 1.54) is 0 Å². The van der Waals surface area contributed by atoms with Gasteiger partial charge in [-0.05, 0) is 17.8 Å². The molecule has 0 radical (unpaired) electrons. The Hall–Kier alpha value is -1.06. The predicted octanol–water partition coefficient (Wildman–Crippen LogP) is 1.45. The van der Waals surface area contributed by atoms with E-state index in [-0.39, 0.29) is 12.3 Å². The molecule has 0 spiro atoms. The summed E-state index contributed by atoms with van der Waals surface area (Å²) < 4.78 is 0. The Morgan fingerprint density at radius 3 is 1.93 bits per heavy atom. The molecule has 0 saturated heterocycles. The molecule has 0 aliphatic heterocycles. The van der Waals surface area contributed by atoms with Gasteiger partial charge < -0.3 is 10.2 Å². The van der Waals surface area contributed by atoms with Gasteiger partial charge in [-0.2, -0.15) is 0 Å². The number of hydrogen-bond acceptors (Lipinski definition) is 2. The molecule has 1 aliphatic carbocycles. The third-order valence-corrected chi connectivity index (χ3v) is 3.78. The molecule has 2 N–H and O–H groups in total. The fourth-order valence-corrected chi connectivity index (χ4v) is 2.33. The fraction of sp³-hybridized carbons (Fsp3) is 0.800. The summed E-state index contributed by atoms with van der Waals surface area (Å²) in [5, 5.41) is 17.9. The van der Waals surface area contributed by atoms with Crippen molar-refractivity contribution in [3.8, 4) is 0 Å². The van der Waals surface area contributed by atoms with Gasteiger partial charge in [-0.15, -0.1) is 0 Å². The van der Waals surface area contributed by atoms with Crippen LogP contribution in [0.3, 0.4) is 0 Å². The zero-order chi connectivity index (χ0) is 11.1. The van der Waals surface area contributed by atoms with Crippen LogP contribution in [0.2, 0.25) is 0 Å². The topological polar surface area (TPSA) is 74.6 Å². The third kappa shape index (κ3) is 1.49. The first-order valence-electron chi connectivity index (χ1n) is 4.74. The van der Waals surface area contributed by atoms with Crippen molar-refractivity contribution >= 4 is 11.9 Å². The second kappa shape index (κ2) is 3.26. The summed E-state index contributed by atoms with van der Waals surface area (Å²) in [5.41, 5.74) is -0.436. The zero-order valence-electron chi connectivity index (χ0n) is 8.65. The van der Waals surface area contributed by atoms with Gasteiger partial charge in [-0.1, -0.05) is 20.8 Å². The van der Waals surface area contributed by atoms with E-state index in [9.17, 15) is 9.59 Å². The Bertz CT molecular complexity index is 269. The lowest BCUT2D eigenvalue weighted by molar-refractivity contribution is -0.145. The maximum atomic E-state index is 10.9. The highest BCUT2D eigenvalue weighted by molar-refractivity contribution is 5.76. The van der Waals surface area contributed by atoms with Gasteiger partial charge in [-0.3, -0.25) is 9.59 Å². The minimum atomic E-state index is -0.884. The molecule has 4 heteroatoms. The summed E-state index contributed by atoms with van der Waals surface area (Å²) in [6.07, 6.45) is 0.249. The van der Waals surface area contributed by atoms with E-state index in [1.54, 1.807) is 0 Å². The second-order valence-electron chi connectivity index (χ2n) is 4.68. The molecule has 0 aromatic heterocycles. The van der Waals surface area contributed by atoms with Gasteiger partial charge in [-0.25, -0.2) is 0 Å². The fourth-order valence-electron chi connectivity index (χ4n) is 2.33. The first-order chi connectivity index (χ1) is 6.28. The summed E-state index contributed by atoms with van der Waals surface area (Å²) in [6.45, 7) is 5.49. The van der Waals surface area contributed by atoms with Gasteiger partial charge in [0.1, 0.15) is 0 Å². The highest BCUT2D eigenvalue weighted by Gasteiger charge is 2.52. The smallest absolute Gasteiger partial charge is 0.307 e. The SMILES string of the molecule is CC1[C@H](C(=O)O)C[C@@H](C(=O)O)C1(C)C. The van der Waals surface area contributed by atoms with Crippen LogP contribution < -0.4 is 0 Å². The Balaban J connectivity index is 2.96. The molecule has 14 heavy (non-hydrogen) atoms. The third-order valence-electron chi connectivity index (χ3n) is 3.78. The van der Waals surface area contributed by atoms with Crippen LogP contribution in [0, 0.1) is 23.2 Å². The average Bonchev–Trinajstić information content (AvgIpc) is 2.24. The molecule has 4 nitrogen and oxygen atoms in total. The second-order valence-corrected chi connectivity index (χ2v) is 4.68. The number of hydrogen-bond donors (Lipinski definition) is 2.